The molecular formula is C19H16ClN5OS. The highest BCUT2D eigenvalue weighted by Crippen LogP contribution is 2.30. The first-order chi connectivity index (χ1) is 13.1. The van der Waals surface area contributed by atoms with Crippen LogP contribution < -0.4 is 5.32 Å². The Morgan fingerprint density at radius 3 is 2.78 bits per heavy atom. The summed E-state index contributed by atoms with van der Waals surface area (Å²) >= 11 is 7.82. The van der Waals surface area contributed by atoms with Crippen molar-refractivity contribution in [1.82, 2.24) is 19.7 Å². The van der Waals surface area contributed by atoms with Crippen LogP contribution in [0, 0.1) is 0 Å². The zero-order chi connectivity index (χ0) is 19.0. The van der Waals surface area contributed by atoms with Gasteiger partial charge in [-0.2, -0.15) is 5.10 Å². The second-order valence-corrected chi connectivity index (χ2v) is 7.35. The van der Waals surface area contributed by atoms with Crippen LogP contribution in [-0.2, 0) is 13.5 Å². The van der Waals surface area contributed by atoms with E-state index in [1.807, 2.05) is 37.3 Å². The van der Waals surface area contributed by atoms with Crippen LogP contribution in [0.3, 0.4) is 0 Å². The largest absolute Gasteiger partial charge is 0.306 e. The number of anilines is 1. The van der Waals surface area contributed by atoms with E-state index in [2.05, 4.69) is 20.4 Å². The summed E-state index contributed by atoms with van der Waals surface area (Å²) in [6.07, 6.45) is 2.33. The third-order valence-electron chi connectivity index (χ3n) is 4.16. The molecule has 0 fully saturated rings. The fourth-order valence-electron chi connectivity index (χ4n) is 2.80. The third kappa shape index (κ3) is 3.31. The van der Waals surface area contributed by atoms with Gasteiger partial charge in [-0.05, 0) is 30.7 Å². The summed E-state index contributed by atoms with van der Waals surface area (Å²) < 4.78 is 2.63. The predicted molar refractivity (Wildman–Crippen MR) is 108 cm³/mol. The number of amides is 1. The average Bonchev–Trinajstić information content (AvgIpc) is 3.23. The molecule has 0 aliphatic carbocycles. The molecule has 3 aromatic heterocycles. The number of aryl methyl sites for hydroxylation is 2. The summed E-state index contributed by atoms with van der Waals surface area (Å²) in [5.74, 6) is 0.136. The number of thiazole rings is 1. The highest BCUT2D eigenvalue weighted by Gasteiger charge is 2.21. The number of halogens is 1. The first-order valence-electron chi connectivity index (χ1n) is 8.41. The minimum atomic E-state index is -0.315. The second kappa shape index (κ2) is 7.09. The average molecular weight is 398 g/mol. The maximum absolute atomic E-state index is 12.6. The van der Waals surface area contributed by atoms with E-state index in [1.165, 1.54) is 4.68 Å². The van der Waals surface area contributed by atoms with Crippen molar-refractivity contribution in [2.24, 2.45) is 7.05 Å². The van der Waals surface area contributed by atoms with Crippen molar-refractivity contribution in [2.45, 2.75) is 13.3 Å². The van der Waals surface area contributed by atoms with E-state index in [-0.39, 0.29) is 5.91 Å². The fraction of sp³-hybridized carbons (Fsp3) is 0.158. The quantitative estimate of drug-likeness (QED) is 0.547. The van der Waals surface area contributed by atoms with Crippen LogP contribution in [0.2, 0.25) is 5.15 Å². The minimum absolute atomic E-state index is 0.315. The molecule has 0 spiro atoms. The smallest absolute Gasteiger partial charge is 0.261 e. The van der Waals surface area contributed by atoms with Crippen LogP contribution in [0.5, 0.6) is 0 Å². The van der Waals surface area contributed by atoms with E-state index in [0.29, 0.717) is 28.6 Å². The van der Waals surface area contributed by atoms with E-state index in [9.17, 15) is 4.79 Å². The Morgan fingerprint density at radius 1 is 1.26 bits per heavy atom. The van der Waals surface area contributed by atoms with Gasteiger partial charge in [0.05, 0.1) is 21.5 Å². The highest BCUT2D eigenvalue weighted by atomic mass is 35.5. The summed E-state index contributed by atoms with van der Waals surface area (Å²) in [5.41, 5.74) is 2.92. The number of aromatic nitrogens is 4. The standard InChI is InChI=1S/C19H16ClN5OS/c1-3-12-16(17(20)25(2)24-12)18(26)23-15-9-8-11(10-21-15)19-22-13-6-4-5-7-14(13)27-19/h4-10H,3H2,1-2H3,(H,21,23,26). The summed E-state index contributed by atoms with van der Waals surface area (Å²) in [6.45, 7) is 1.93. The Kier molecular flexibility index (Phi) is 4.63. The van der Waals surface area contributed by atoms with Gasteiger partial charge in [-0.15, -0.1) is 11.3 Å². The monoisotopic (exact) mass is 397 g/mol. The zero-order valence-corrected chi connectivity index (χ0v) is 16.3. The molecule has 0 aliphatic rings. The van der Waals surface area contributed by atoms with Crippen molar-refractivity contribution < 1.29 is 4.79 Å². The minimum Gasteiger partial charge on any atom is -0.306 e. The molecule has 8 heteroatoms. The third-order valence-corrected chi connectivity index (χ3v) is 5.68. The van der Waals surface area contributed by atoms with Gasteiger partial charge in [-0.25, -0.2) is 9.97 Å². The summed E-state index contributed by atoms with van der Waals surface area (Å²) in [4.78, 5) is 21.6. The number of carbonyl (C=O) groups is 1. The van der Waals surface area contributed by atoms with Gasteiger partial charge >= 0.3 is 0 Å². The number of carbonyl (C=O) groups excluding carboxylic acids is 1. The Morgan fingerprint density at radius 2 is 2.07 bits per heavy atom. The van der Waals surface area contributed by atoms with Gasteiger partial charge in [0.2, 0.25) is 0 Å². The van der Waals surface area contributed by atoms with E-state index in [1.54, 1.807) is 30.6 Å². The number of hydrogen-bond donors (Lipinski definition) is 1. The maximum Gasteiger partial charge on any atom is 0.261 e. The van der Waals surface area contributed by atoms with Gasteiger partial charge in [-0.1, -0.05) is 30.7 Å². The molecule has 1 aromatic carbocycles. The molecule has 1 N–H and O–H groups in total. The topological polar surface area (TPSA) is 72.7 Å². The van der Waals surface area contributed by atoms with Crippen LogP contribution in [0.25, 0.3) is 20.8 Å². The Hall–Kier alpha value is -2.77. The van der Waals surface area contributed by atoms with Gasteiger partial charge < -0.3 is 5.32 Å². The maximum atomic E-state index is 12.6. The fourth-order valence-corrected chi connectivity index (χ4v) is 3.99. The van der Waals surface area contributed by atoms with Crippen molar-refractivity contribution in [3.8, 4) is 10.6 Å². The van der Waals surface area contributed by atoms with E-state index >= 15 is 0 Å². The van der Waals surface area contributed by atoms with E-state index in [0.717, 1.165) is 20.8 Å². The molecule has 136 valence electrons. The van der Waals surface area contributed by atoms with Gasteiger partial charge in [0.15, 0.2) is 0 Å². The number of hydrogen-bond acceptors (Lipinski definition) is 5. The van der Waals surface area contributed by atoms with Gasteiger partial charge in [0.25, 0.3) is 5.91 Å². The van der Waals surface area contributed by atoms with Crippen molar-refractivity contribution in [3.05, 3.63) is 59.0 Å². The lowest BCUT2D eigenvalue weighted by Crippen LogP contribution is -2.14. The lowest BCUT2D eigenvalue weighted by atomic mass is 10.2. The van der Waals surface area contributed by atoms with Gasteiger partial charge in [-0.3, -0.25) is 9.48 Å². The molecule has 27 heavy (non-hydrogen) atoms. The van der Waals surface area contributed by atoms with E-state index < -0.39 is 0 Å². The number of fused-ring (bicyclic) bond motifs is 1. The van der Waals surface area contributed by atoms with Crippen LogP contribution >= 0.6 is 22.9 Å². The SMILES string of the molecule is CCc1nn(C)c(Cl)c1C(=O)Nc1ccc(-c2nc3ccccc3s2)cn1. The zero-order valence-electron chi connectivity index (χ0n) is 14.7. The molecule has 0 aliphatic heterocycles. The molecule has 1 amide bonds. The van der Waals surface area contributed by atoms with Crippen LogP contribution in [0.4, 0.5) is 5.82 Å². The Balaban J connectivity index is 1.57. The molecule has 0 saturated carbocycles. The molecule has 0 bridgehead atoms. The number of pyridine rings is 1. The molecular weight excluding hydrogens is 382 g/mol. The molecule has 0 radical (unpaired) electrons. The Bertz CT molecular complexity index is 1100. The van der Waals surface area contributed by atoms with Crippen molar-refractivity contribution in [2.75, 3.05) is 5.32 Å². The normalized spacial score (nSPS) is 11.1. The molecule has 4 rings (SSSR count). The lowest BCUT2D eigenvalue weighted by molar-refractivity contribution is 0.102. The molecule has 0 unspecified atom stereocenters. The second-order valence-electron chi connectivity index (χ2n) is 5.96. The summed E-state index contributed by atoms with van der Waals surface area (Å²) in [7, 11) is 1.71. The summed E-state index contributed by atoms with van der Waals surface area (Å²) in [5, 5.41) is 8.26. The molecule has 4 aromatic rings. The highest BCUT2D eigenvalue weighted by molar-refractivity contribution is 7.21. The molecule has 0 atom stereocenters. The number of nitrogens with one attached hydrogen (secondary N) is 1. The van der Waals surface area contributed by atoms with Crippen LogP contribution in [0.1, 0.15) is 23.0 Å². The number of benzene rings is 1. The molecule has 6 nitrogen and oxygen atoms in total. The number of nitrogens with zero attached hydrogens (tertiary/aromatic N) is 4. The van der Waals surface area contributed by atoms with Crippen molar-refractivity contribution in [3.63, 3.8) is 0 Å². The first kappa shape index (κ1) is 17.6. The Labute approximate surface area is 164 Å². The van der Waals surface area contributed by atoms with Crippen LogP contribution in [-0.4, -0.2) is 25.7 Å². The van der Waals surface area contributed by atoms with Crippen molar-refractivity contribution in [1.29, 1.82) is 0 Å². The first-order valence-corrected chi connectivity index (χ1v) is 9.61. The summed E-state index contributed by atoms with van der Waals surface area (Å²) in [6, 6.07) is 11.6. The van der Waals surface area contributed by atoms with Crippen molar-refractivity contribution >= 4 is 44.9 Å². The molecule has 3 heterocycles. The van der Waals surface area contributed by atoms with Crippen LogP contribution in [0.15, 0.2) is 42.6 Å². The number of para-hydroxylation sites is 1. The molecule has 0 saturated heterocycles. The predicted octanol–water partition coefficient (Wildman–Crippen LogP) is 4.56. The van der Waals surface area contributed by atoms with Gasteiger partial charge in [0.1, 0.15) is 16.0 Å². The number of rotatable bonds is 4. The van der Waals surface area contributed by atoms with Gasteiger partial charge in [0, 0.05) is 18.8 Å². The lowest BCUT2D eigenvalue weighted by Gasteiger charge is -2.05. The van der Waals surface area contributed by atoms with E-state index in [4.69, 9.17) is 11.6 Å².